The third kappa shape index (κ3) is 6.58. The van der Waals surface area contributed by atoms with Crippen molar-refractivity contribution in [2.24, 2.45) is 11.8 Å². The number of amides is 2. The Hall–Kier alpha value is -2.74. The number of ether oxygens (including phenoxy) is 2. The Morgan fingerprint density at radius 1 is 1.26 bits per heavy atom. The lowest BCUT2D eigenvalue weighted by Gasteiger charge is -2.48. The van der Waals surface area contributed by atoms with Crippen LogP contribution in [0, 0.1) is 11.8 Å². The maximum absolute atomic E-state index is 13.9. The molecular weight excluding hydrogens is 598 g/mol. The zero-order valence-electron chi connectivity index (χ0n) is 24.6. The molecule has 3 aliphatic rings. The molecule has 4 heterocycles. The average molecular weight is 636 g/mol. The van der Waals surface area contributed by atoms with Gasteiger partial charge in [-0.2, -0.15) is 0 Å². The molecule has 0 N–H and O–H groups in total. The van der Waals surface area contributed by atoms with Crippen molar-refractivity contribution in [2.75, 3.05) is 26.4 Å². The fourth-order valence-electron chi connectivity index (χ4n) is 5.60. The van der Waals surface area contributed by atoms with E-state index in [1.54, 1.807) is 4.90 Å². The molecule has 0 saturated carbocycles. The summed E-state index contributed by atoms with van der Waals surface area (Å²) in [5.74, 6) is -1.20. The fourth-order valence-corrected chi connectivity index (χ4v) is 8.97. The van der Waals surface area contributed by atoms with Crippen LogP contribution in [0.4, 0.5) is 9.18 Å². The molecule has 0 radical (unpaired) electrons. The molecule has 9 nitrogen and oxygen atoms in total. The molecule has 0 spiro atoms. The first kappa shape index (κ1) is 32.2. The molecule has 13 heteroatoms. The van der Waals surface area contributed by atoms with Crippen molar-refractivity contribution < 1.29 is 32.7 Å². The second kappa shape index (κ2) is 13.3. The SMILES string of the molecule is C=CCOC(=O)C1=C(Sc2nc(C3=CCN(C(=O)OCC=C)[C@@H](CF)C3)cs2)[C@H](C)[C@@H]2[C@@H]([C@@H](C)O[Si](C)(C)C)C(=O)N12. The number of nitrogens with zero attached hydrogens (tertiary/aromatic N) is 3. The van der Waals surface area contributed by atoms with Crippen LogP contribution in [0.5, 0.6) is 0 Å². The number of carbonyl (C=O) groups is 3. The molecule has 1 fully saturated rings. The number of rotatable bonds is 12. The normalized spacial score (nSPS) is 24.5. The van der Waals surface area contributed by atoms with Gasteiger partial charge in [-0.25, -0.2) is 19.0 Å². The van der Waals surface area contributed by atoms with Gasteiger partial charge in [0, 0.05) is 22.7 Å². The van der Waals surface area contributed by atoms with Crippen LogP contribution in [0.2, 0.25) is 19.6 Å². The molecule has 3 aliphatic heterocycles. The van der Waals surface area contributed by atoms with Crippen molar-refractivity contribution in [3.05, 3.63) is 53.1 Å². The molecule has 228 valence electrons. The summed E-state index contributed by atoms with van der Waals surface area (Å²) in [7, 11) is -1.90. The highest BCUT2D eigenvalue weighted by Crippen LogP contribution is 2.53. The van der Waals surface area contributed by atoms with Crippen molar-refractivity contribution in [1.82, 2.24) is 14.8 Å². The zero-order valence-corrected chi connectivity index (χ0v) is 27.3. The van der Waals surface area contributed by atoms with Gasteiger partial charge in [-0.3, -0.25) is 9.69 Å². The molecule has 1 saturated heterocycles. The monoisotopic (exact) mass is 635 g/mol. The lowest BCUT2D eigenvalue weighted by molar-refractivity contribution is -0.163. The number of hydrogen-bond acceptors (Lipinski definition) is 9. The topological polar surface area (TPSA) is 98.3 Å². The number of thioether (sulfide) groups is 1. The summed E-state index contributed by atoms with van der Waals surface area (Å²) in [6.45, 7) is 16.9. The predicted octanol–water partition coefficient (Wildman–Crippen LogP) is 5.64. The Labute approximate surface area is 255 Å². The van der Waals surface area contributed by atoms with Crippen molar-refractivity contribution in [3.8, 4) is 0 Å². The molecule has 0 aliphatic carbocycles. The number of esters is 1. The van der Waals surface area contributed by atoms with E-state index >= 15 is 0 Å². The first-order valence-corrected chi connectivity index (χ1v) is 19.0. The maximum atomic E-state index is 13.9. The van der Waals surface area contributed by atoms with Gasteiger partial charge in [0.05, 0.1) is 29.8 Å². The van der Waals surface area contributed by atoms with Crippen LogP contribution in [0.15, 0.2) is 51.7 Å². The van der Waals surface area contributed by atoms with Gasteiger partial charge < -0.3 is 18.8 Å². The third-order valence-electron chi connectivity index (χ3n) is 7.34. The molecule has 42 heavy (non-hydrogen) atoms. The second-order valence-corrected chi connectivity index (χ2v) is 18.0. The summed E-state index contributed by atoms with van der Waals surface area (Å²) < 4.78 is 31.3. The van der Waals surface area contributed by atoms with E-state index in [2.05, 4.69) is 32.8 Å². The number of thiazole rings is 1. The molecule has 0 bridgehead atoms. The quantitative estimate of drug-likeness (QED) is 0.126. The number of halogens is 1. The van der Waals surface area contributed by atoms with Crippen molar-refractivity contribution in [2.45, 2.75) is 62.4 Å². The maximum Gasteiger partial charge on any atom is 0.410 e. The number of β-lactam (4-membered cyclic amide) rings is 1. The van der Waals surface area contributed by atoms with Crippen LogP contribution in [-0.2, 0) is 23.5 Å². The molecular formula is C29H38FN3O6S2Si. The number of aromatic nitrogens is 1. The van der Waals surface area contributed by atoms with Crippen LogP contribution in [0.3, 0.4) is 0 Å². The first-order chi connectivity index (χ1) is 19.9. The largest absolute Gasteiger partial charge is 0.457 e. The minimum atomic E-state index is -1.90. The van der Waals surface area contributed by atoms with Crippen molar-refractivity contribution in [3.63, 3.8) is 0 Å². The number of carbonyl (C=O) groups excluding carboxylic acids is 3. The van der Waals surface area contributed by atoms with E-state index in [4.69, 9.17) is 18.9 Å². The smallest absolute Gasteiger partial charge is 0.410 e. The number of fused-ring (bicyclic) bond motifs is 1. The number of hydrogen-bond donors (Lipinski definition) is 0. The lowest BCUT2D eigenvalue weighted by Crippen LogP contribution is -2.64. The van der Waals surface area contributed by atoms with Crippen LogP contribution < -0.4 is 0 Å². The minimum Gasteiger partial charge on any atom is -0.457 e. The van der Waals surface area contributed by atoms with Gasteiger partial charge in [-0.05, 0) is 38.6 Å². The summed E-state index contributed by atoms with van der Waals surface area (Å²) in [4.78, 5) is 47.4. The van der Waals surface area contributed by atoms with Crippen molar-refractivity contribution >= 4 is 55.0 Å². The van der Waals surface area contributed by atoms with E-state index in [9.17, 15) is 18.8 Å². The Kier molecular flexibility index (Phi) is 10.2. The first-order valence-electron chi connectivity index (χ1n) is 13.9. The molecule has 1 aromatic heterocycles. The zero-order chi connectivity index (χ0) is 30.8. The van der Waals surface area contributed by atoms with Crippen LogP contribution in [0.1, 0.15) is 26.0 Å². The molecule has 5 atom stereocenters. The Morgan fingerprint density at radius 2 is 1.95 bits per heavy atom. The Balaban J connectivity index is 1.56. The molecule has 0 unspecified atom stereocenters. The Morgan fingerprint density at radius 3 is 2.60 bits per heavy atom. The van der Waals surface area contributed by atoms with Gasteiger partial charge in [-0.15, -0.1) is 11.3 Å². The van der Waals surface area contributed by atoms with E-state index in [-0.39, 0.29) is 55.3 Å². The van der Waals surface area contributed by atoms with Gasteiger partial charge in [0.2, 0.25) is 5.91 Å². The highest BCUT2D eigenvalue weighted by atomic mass is 32.2. The lowest BCUT2D eigenvalue weighted by atomic mass is 9.79. The standard InChI is InChI=1S/C29H38FN3O6S2Si/c1-8-12-37-27(35)24-25(17(3)23-22(26(34)33(23)24)18(4)39-42(5,6)7)41-28-31-21(16-40-28)19-10-11-32(20(14-19)15-30)29(36)38-13-9-2/h8-10,16-18,20,22-23H,1-2,11-15H2,3-7H3/t17-,18-,20-,22-,23-/m1/s1. The van der Waals surface area contributed by atoms with Gasteiger partial charge in [0.1, 0.15) is 25.6 Å². The van der Waals surface area contributed by atoms with E-state index < -0.39 is 33.1 Å². The summed E-state index contributed by atoms with van der Waals surface area (Å²) in [6, 6.07) is -0.870. The molecule has 1 aromatic rings. The van der Waals surface area contributed by atoms with E-state index in [1.165, 1.54) is 40.2 Å². The minimum absolute atomic E-state index is 0.0311. The summed E-state index contributed by atoms with van der Waals surface area (Å²) >= 11 is 2.76. The van der Waals surface area contributed by atoms with Crippen LogP contribution in [-0.4, -0.2) is 85.7 Å². The van der Waals surface area contributed by atoms with Gasteiger partial charge in [0.15, 0.2) is 12.7 Å². The molecule has 2 amide bonds. The van der Waals surface area contributed by atoms with Crippen LogP contribution >= 0.6 is 23.1 Å². The van der Waals surface area contributed by atoms with E-state index in [0.29, 0.717) is 16.5 Å². The predicted molar refractivity (Wildman–Crippen MR) is 164 cm³/mol. The summed E-state index contributed by atoms with van der Waals surface area (Å²) in [6.07, 6.45) is 4.25. The Bertz CT molecular complexity index is 1310. The number of alkyl halides is 1. The molecule has 4 rings (SSSR count). The van der Waals surface area contributed by atoms with E-state index in [0.717, 1.165) is 10.5 Å². The van der Waals surface area contributed by atoms with Gasteiger partial charge >= 0.3 is 12.1 Å². The molecule has 0 aromatic carbocycles. The highest BCUT2D eigenvalue weighted by molar-refractivity contribution is 8.04. The fraction of sp³-hybridized carbons (Fsp3) is 0.517. The van der Waals surface area contributed by atoms with Crippen molar-refractivity contribution in [1.29, 1.82) is 0 Å². The summed E-state index contributed by atoms with van der Waals surface area (Å²) in [5.41, 5.74) is 1.78. The van der Waals surface area contributed by atoms with Gasteiger partial charge in [0.25, 0.3) is 0 Å². The summed E-state index contributed by atoms with van der Waals surface area (Å²) in [5, 5.41) is 1.89. The van der Waals surface area contributed by atoms with Gasteiger partial charge in [-0.1, -0.05) is 50.1 Å². The highest BCUT2D eigenvalue weighted by Gasteiger charge is 2.61. The third-order valence-corrected chi connectivity index (χ3v) is 10.6. The second-order valence-electron chi connectivity index (χ2n) is 11.4. The average Bonchev–Trinajstić information content (AvgIpc) is 3.50. The van der Waals surface area contributed by atoms with E-state index in [1.807, 2.05) is 25.3 Å². The van der Waals surface area contributed by atoms with Crippen LogP contribution in [0.25, 0.3) is 5.57 Å².